The first-order valence-electron chi connectivity index (χ1n) is 10.5. The fourth-order valence-electron chi connectivity index (χ4n) is 4.05. The first kappa shape index (κ1) is 20.7. The van der Waals surface area contributed by atoms with Crippen LogP contribution >= 0.6 is 11.6 Å². The van der Waals surface area contributed by atoms with Gasteiger partial charge in [0.2, 0.25) is 0 Å². The molecule has 0 saturated carbocycles. The van der Waals surface area contributed by atoms with Gasteiger partial charge in [-0.25, -0.2) is 4.98 Å². The zero-order valence-electron chi connectivity index (χ0n) is 17.0. The van der Waals surface area contributed by atoms with Gasteiger partial charge in [-0.3, -0.25) is 19.4 Å². The van der Waals surface area contributed by atoms with Gasteiger partial charge in [0, 0.05) is 45.5 Å². The standard InChI is InChI=1S/C22H26ClN5O2/c23-19-20(27-11-4-1-5-12-27)22(30)28(21(19)29)13-7-6-10-25-14-16-26(17-15-25)18-8-2-3-9-24-18/h2-3,8-9H,1,4-5,10-17H2. The minimum atomic E-state index is -0.430. The molecule has 1 aromatic rings. The number of hydrogen-bond donors (Lipinski definition) is 0. The highest BCUT2D eigenvalue weighted by molar-refractivity contribution is 6.47. The fraction of sp³-hybridized carbons (Fsp3) is 0.500. The van der Waals surface area contributed by atoms with Crippen molar-refractivity contribution in [1.82, 2.24) is 19.7 Å². The number of halogens is 1. The molecule has 3 aliphatic rings. The van der Waals surface area contributed by atoms with Gasteiger partial charge in [0.05, 0.1) is 13.1 Å². The summed E-state index contributed by atoms with van der Waals surface area (Å²) in [6, 6.07) is 5.94. The summed E-state index contributed by atoms with van der Waals surface area (Å²) in [5.41, 5.74) is 0.355. The predicted molar refractivity (Wildman–Crippen MR) is 116 cm³/mol. The van der Waals surface area contributed by atoms with Crippen molar-refractivity contribution >= 4 is 29.2 Å². The normalized spacial score (nSPS) is 20.6. The predicted octanol–water partition coefficient (Wildman–Crippen LogP) is 1.51. The van der Waals surface area contributed by atoms with Gasteiger partial charge in [0.1, 0.15) is 16.5 Å². The van der Waals surface area contributed by atoms with E-state index in [1.807, 2.05) is 29.3 Å². The van der Waals surface area contributed by atoms with Gasteiger partial charge in [-0.1, -0.05) is 29.5 Å². The Morgan fingerprint density at radius 2 is 1.60 bits per heavy atom. The van der Waals surface area contributed by atoms with Crippen LogP contribution in [0.4, 0.5) is 5.82 Å². The number of amides is 2. The van der Waals surface area contributed by atoms with Crippen LogP contribution < -0.4 is 4.90 Å². The molecule has 158 valence electrons. The lowest BCUT2D eigenvalue weighted by molar-refractivity contribution is -0.137. The van der Waals surface area contributed by atoms with Gasteiger partial charge < -0.3 is 9.80 Å². The smallest absolute Gasteiger partial charge is 0.279 e. The number of piperidine rings is 1. The zero-order valence-corrected chi connectivity index (χ0v) is 17.8. The van der Waals surface area contributed by atoms with Crippen molar-refractivity contribution in [2.24, 2.45) is 0 Å². The summed E-state index contributed by atoms with van der Waals surface area (Å²) in [4.78, 5) is 37.2. The number of aromatic nitrogens is 1. The van der Waals surface area contributed by atoms with E-state index in [9.17, 15) is 9.59 Å². The Hall–Kier alpha value is -2.56. The van der Waals surface area contributed by atoms with E-state index in [1.54, 1.807) is 0 Å². The molecule has 8 heteroatoms. The fourth-order valence-corrected chi connectivity index (χ4v) is 4.35. The summed E-state index contributed by atoms with van der Waals surface area (Å²) in [6.45, 7) is 5.86. The maximum atomic E-state index is 12.7. The number of hydrogen-bond acceptors (Lipinski definition) is 6. The zero-order chi connectivity index (χ0) is 20.9. The van der Waals surface area contributed by atoms with E-state index in [0.717, 1.165) is 69.2 Å². The maximum Gasteiger partial charge on any atom is 0.279 e. The number of carbonyl (C=O) groups is 2. The molecule has 2 fully saturated rings. The Balaban J connectivity index is 1.26. The number of imide groups is 1. The van der Waals surface area contributed by atoms with Crippen molar-refractivity contribution in [2.45, 2.75) is 19.3 Å². The molecule has 0 N–H and O–H groups in total. The third kappa shape index (κ3) is 4.45. The number of pyridine rings is 1. The van der Waals surface area contributed by atoms with E-state index >= 15 is 0 Å². The molecule has 2 saturated heterocycles. The molecule has 0 radical (unpaired) electrons. The molecule has 1 aromatic heterocycles. The van der Waals surface area contributed by atoms with Crippen LogP contribution in [0.2, 0.25) is 0 Å². The van der Waals surface area contributed by atoms with Crippen molar-refractivity contribution in [2.75, 3.05) is 57.3 Å². The Morgan fingerprint density at radius 1 is 0.867 bits per heavy atom. The largest absolute Gasteiger partial charge is 0.366 e. The Kier molecular flexibility index (Phi) is 6.56. The van der Waals surface area contributed by atoms with E-state index in [-0.39, 0.29) is 17.5 Å². The number of likely N-dealkylation sites (tertiary alicyclic amines) is 1. The van der Waals surface area contributed by atoms with Gasteiger partial charge in [0.25, 0.3) is 11.8 Å². The second-order valence-corrected chi connectivity index (χ2v) is 8.09. The molecular weight excluding hydrogens is 402 g/mol. The second-order valence-electron chi connectivity index (χ2n) is 7.71. The lowest BCUT2D eigenvalue weighted by atomic mass is 10.1. The Labute approximate surface area is 182 Å². The van der Waals surface area contributed by atoms with Gasteiger partial charge in [0.15, 0.2) is 0 Å². The van der Waals surface area contributed by atoms with E-state index < -0.39 is 5.91 Å². The molecule has 0 aromatic carbocycles. The van der Waals surface area contributed by atoms with Gasteiger partial charge in [-0.05, 0) is 31.4 Å². The number of anilines is 1. The van der Waals surface area contributed by atoms with Crippen LogP contribution in [0.5, 0.6) is 0 Å². The SMILES string of the molecule is O=C1C(Cl)=C(N2CCCCC2)C(=O)N1CC#CCN1CCN(c2ccccn2)CC1. The third-order valence-electron chi connectivity index (χ3n) is 5.77. The van der Waals surface area contributed by atoms with Crippen LogP contribution in [0, 0.1) is 11.8 Å². The lowest BCUT2D eigenvalue weighted by Crippen LogP contribution is -2.46. The van der Waals surface area contributed by atoms with Crippen molar-refractivity contribution in [3.05, 3.63) is 35.1 Å². The topological polar surface area (TPSA) is 60.0 Å². The summed E-state index contributed by atoms with van der Waals surface area (Å²) < 4.78 is 0. The van der Waals surface area contributed by atoms with E-state index in [2.05, 4.69) is 26.6 Å². The van der Waals surface area contributed by atoms with Gasteiger partial charge >= 0.3 is 0 Å². The molecule has 4 heterocycles. The van der Waals surface area contributed by atoms with Crippen molar-refractivity contribution in [3.8, 4) is 11.8 Å². The molecule has 0 bridgehead atoms. The van der Waals surface area contributed by atoms with E-state index in [4.69, 9.17) is 11.6 Å². The number of rotatable bonds is 4. The van der Waals surface area contributed by atoms with Crippen molar-refractivity contribution in [3.63, 3.8) is 0 Å². The van der Waals surface area contributed by atoms with Crippen LogP contribution in [0.15, 0.2) is 35.1 Å². The highest BCUT2D eigenvalue weighted by Crippen LogP contribution is 2.28. The highest BCUT2D eigenvalue weighted by atomic mass is 35.5. The Bertz CT molecular complexity index is 878. The summed E-state index contributed by atoms with van der Waals surface area (Å²) in [5.74, 6) is 6.35. The molecule has 0 aliphatic carbocycles. The molecule has 0 spiro atoms. The van der Waals surface area contributed by atoms with Gasteiger partial charge in [-0.2, -0.15) is 0 Å². The van der Waals surface area contributed by atoms with E-state index in [0.29, 0.717) is 12.2 Å². The summed E-state index contributed by atoms with van der Waals surface area (Å²) in [7, 11) is 0. The molecule has 3 aliphatic heterocycles. The second kappa shape index (κ2) is 9.50. The van der Waals surface area contributed by atoms with Crippen LogP contribution in [0.1, 0.15) is 19.3 Å². The van der Waals surface area contributed by atoms with E-state index in [1.165, 1.54) is 0 Å². The van der Waals surface area contributed by atoms with Crippen LogP contribution in [0.25, 0.3) is 0 Å². The summed E-state index contributed by atoms with van der Waals surface area (Å²) >= 11 is 6.21. The number of nitrogens with zero attached hydrogens (tertiary/aromatic N) is 5. The minimum Gasteiger partial charge on any atom is -0.366 e. The molecular formula is C22H26ClN5O2. The lowest BCUT2D eigenvalue weighted by Gasteiger charge is -2.34. The van der Waals surface area contributed by atoms with Crippen LogP contribution in [-0.2, 0) is 9.59 Å². The molecule has 0 unspecified atom stereocenters. The minimum absolute atomic E-state index is 0.0364. The molecule has 4 rings (SSSR count). The summed E-state index contributed by atoms with van der Waals surface area (Å²) in [5, 5.41) is 0.0364. The molecule has 7 nitrogen and oxygen atoms in total. The van der Waals surface area contributed by atoms with Gasteiger partial charge in [-0.15, -0.1) is 0 Å². The average molecular weight is 428 g/mol. The molecule has 0 atom stereocenters. The number of carbonyl (C=O) groups excluding carboxylic acids is 2. The maximum absolute atomic E-state index is 12.7. The van der Waals surface area contributed by atoms with Crippen LogP contribution in [0.3, 0.4) is 0 Å². The summed E-state index contributed by atoms with van der Waals surface area (Å²) in [6.07, 6.45) is 4.99. The molecule has 2 amide bonds. The number of piperazine rings is 1. The quantitative estimate of drug-likeness (QED) is 0.536. The molecule has 30 heavy (non-hydrogen) atoms. The van der Waals surface area contributed by atoms with Crippen molar-refractivity contribution < 1.29 is 9.59 Å². The third-order valence-corrected chi connectivity index (χ3v) is 6.11. The monoisotopic (exact) mass is 427 g/mol. The Morgan fingerprint density at radius 3 is 2.30 bits per heavy atom. The highest BCUT2D eigenvalue weighted by Gasteiger charge is 2.40. The average Bonchev–Trinajstić information content (AvgIpc) is 3.01. The first-order valence-corrected chi connectivity index (χ1v) is 10.9. The van der Waals surface area contributed by atoms with Crippen LogP contribution in [-0.4, -0.2) is 83.9 Å². The first-order chi connectivity index (χ1) is 14.6. The van der Waals surface area contributed by atoms with Crippen molar-refractivity contribution in [1.29, 1.82) is 0 Å².